The topological polar surface area (TPSA) is 59.1 Å². The van der Waals surface area contributed by atoms with E-state index in [0.29, 0.717) is 5.69 Å². The third-order valence-corrected chi connectivity index (χ3v) is 5.88. The second-order valence-corrected chi connectivity index (χ2v) is 7.78. The molecule has 3 aromatic carbocycles. The fourth-order valence-electron chi connectivity index (χ4n) is 4.30. The molecule has 3 aromatic rings. The predicted molar refractivity (Wildman–Crippen MR) is 117 cm³/mol. The number of benzene rings is 3. The van der Waals surface area contributed by atoms with Crippen LogP contribution < -0.4 is 14.7 Å². The summed E-state index contributed by atoms with van der Waals surface area (Å²) in [6, 6.07) is 24.0. The number of amides is 2. The van der Waals surface area contributed by atoms with E-state index in [-0.39, 0.29) is 11.8 Å². The molecule has 6 heteroatoms. The fraction of sp³-hybridized carbons (Fsp3) is 0.200. The van der Waals surface area contributed by atoms with Gasteiger partial charge in [0, 0.05) is 0 Å². The van der Waals surface area contributed by atoms with Crippen LogP contribution in [0.25, 0.3) is 0 Å². The molecule has 0 spiro atoms. The second-order valence-electron chi connectivity index (χ2n) is 7.78. The molecule has 0 saturated carbocycles. The molecule has 31 heavy (non-hydrogen) atoms. The average molecular weight is 414 g/mol. The molecule has 2 fully saturated rings. The average Bonchev–Trinajstić information content (AvgIpc) is 3.31. The largest absolute Gasteiger partial charge is 0.497 e. The molecule has 0 radical (unpaired) electrons. The molecular weight excluding hydrogens is 392 g/mol. The summed E-state index contributed by atoms with van der Waals surface area (Å²) in [5.74, 6) is -0.517. The number of carbonyl (C=O) groups excluding carboxylic acids is 2. The highest BCUT2D eigenvalue weighted by Crippen LogP contribution is 2.47. The van der Waals surface area contributed by atoms with Gasteiger partial charge in [-0.1, -0.05) is 48.0 Å². The van der Waals surface area contributed by atoms with E-state index in [2.05, 4.69) is 0 Å². The predicted octanol–water partition coefficient (Wildman–Crippen LogP) is 4.05. The van der Waals surface area contributed by atoms with Crippen molar-refractivity contribution in [1.82, 2.24) is 0 Å². The number of imide groups is 1. The zero-order valence-corrected chi connectivity index (χ0v) is 17.3. The molecule has 6 nitrogen and oxygen atoms in total. The maximum Gasteiger partial charge on any atom is 0.266 e. The first kappa shape index (κ1) is 19.3. The van der Waals surface area contributed by atoms with Gasteiger partial charge in [-0.2, -0.15) is 0 Å². The molecular formula is C25H22N2O4. The lowest BCUT2D eigenvalue weighted by atomic mass is 9.90. The number of hydrogen-bond acceptors (Lipinski definition) is 5. The van der Waals surface area contributed by atoms with Crippen molar-refractivity contribution in [2.24, 2.45) is 5.92 Å². The van der Waals surface area contributed by atoms with Gasteiger partial charge in [0.1, 0.15) is 11.7 Å². The van der Waals surface area contributed by atoms with Crippen LogP contribution in [0.5, 0.6) is 5.75 Å². The van der Waals surface area contributed by atoms with E-state index in [1.54, 1.807) is 24.3 Å². The molecule has 2 aliphatic rings. The van der Waals surface area contributed by atoms with Gasteiger partial charge in [-0.3, -0.25) is 14.4 Å². The zero-order chi connectivity index (χ0) is 21.5. The molecule has 0 N–H and O–H groups in total. The SMILES string of the molecule is COc1ccc([C@@H]2[C@@H]3C(=O)N(c4ccc(C)cc4)C(=O)[C@H]3ON2c2ccccc2)cc1. The molecule has 156 valence electrons. The quantitative estimate of drug-likeness (QED) is 0.603. The maximum atomic E-state index is 13.5. The van der Waals surface area contributed by atoms with Crippen LogP contribution in [-0.2, 0) is 14.4 Å². The van der Waals surface area contributed by atoms with Crippen molar-refractivity contribution in [1.29, 1.82) is 0 Å². The van der Waals surface area contributed by atoms with Crippen molar-refractivity contribution >= 4 is 23.2 Å². The van der Waals surface area contributed by atoms with Gasteiger partial charge in [0.25, 0.3) is 5.91 Å². The highest BCUT2D eigenvalue weighted by Gasteiger charge is 2.60. The summed E-state index contributed by atoms with van der Waals surface area (Å²) in [4.78, 5) is 34.2. The number of hydrogen-bond donors (Lipinski definition) is 0. The Morgan fingerprint density at radius 1 is 0.806 bits per heavy atom. The fourth-order valence-corrected chi connectivity index (χ4v) is 4.30. The summed E-state index contributed by atoms with van der Waals surface area (Å²) in [7, 11) is 1.61. The second kappa shape index (κ2) is 7.56. The summed E-state index contributed by atoms with van der Waals surface area (Å²) in [5.41, 5.74) is 3.30. The molecule has 2 saturated heterocycles. The monoisotopic (exact) mass is 414 g/mol. The lowest BCUT2D eigenvalue weighted by Crippen LogP contribution is -2.37. The number of methoxy groups -OCH3 is 1. The molecule has 0 bridgehead atoms. The first-order chi connectivity index (χ1) is 15.1. The standard InChI is InChI=1S/C25H22N2O4/c1-16-8-12-18(13-9-16)26-24(28)21-22(17-10-14-20(30-2)15-11-17)27(31-23(21)25(26)29)19-6-4-3-5-7-19/h3-15,21-23H,1-2H3/t21-,22+,23-/m0/s1. The van der Waals surface area contributed by atoms with Crippen LogP contribution >= 0.6 is 0 Å². The van der Waals surface area contributed by atoms with Crippen LogP contribution in [0.2, 0.25) is 0 Å². The van der Waals surface area contributed by atoms with E-state index in [1.165, 1.54) is 4.90 Å². The van der Waals surface area contributed by atoms with Crippen LogP contribution in [0.4, 0.5) is 11.4 Å². The van der Waals surface area contributed by atoms with Crippen LogP contribution in [0.1, 0.15) is 17.2 Å². The Balaban J connectivity index is 1.57. The molecule has 5 rings (SSSR count). The Morgan fingerprint density at radius 3 is 2.13 bits per heavy atom. The van der Waals surface area contributed by atoms with Crippen LogP contribution in [0.3, 0.4) is 0 Å². The van der Waals surface area contributed by atoms with E-state index in [4.69, 9.17) is 9.57 Å². The number of ether oxygens (including phenoxy) is 1. The first-order valence-corrected chi connectivity index (χ1v) is 10.2. The number of hydroxylamine groups is 1. The number of carbonyl (C=O) groups is 2. The van der Waals surface area contributed by atoms with Gasteiger partial charge in [0.15, 0.2) is 6.10 Å². The molecule has 3 atom stereocenters. The Kier molecular flexibility index (Phi) is 4.71. The minimum absolute atomic E-state index is 0.252. The van der Waals surface area contributed by atoms with Crippen molar-refractivity contribution in [3.63, 3.8) is 0 Å². The normalized spacial score (nSPS) is 22.7. The molecule has 0 aliphatic carbocycles. The zero-order valence-electron chi connectivity index (χ0n) is 17.3. The highest BCUT2D eigenvalue weighted by atomic mass is 16.7. The van der Waals surface area contributed by atoms with Gasteiger partial charge >= 0.3 is 0 Å². The van der Waals surface area contributed by atoms with Crippen LogP contribution in [0.15, 0.2) is 78.9 Å². The summed E-state index contributed by atoms with van der Waals surface area (Å²) in [6.07, 6.45) is -0.874. The van der Waals surface area contributed by atoms with Gasteiger partial charge in [-0.15, -0.1) is 0 Å². The molecule has 0 unspecified atom stereocenters. The minimum atomic E-state index is -0.874. The van der Waals surface area contributed by atoms with Gasteiger partial charge in [0.05, 0.1) is 24.5 Å². The van der Waals surface area contributed by atoms with Crippen molar-refractivity contribution in [2.75, 3.05) is 17.1 Å². The van der Waals surface area contributed by atoms with Crippen molar-refractivity contribution in [3.8, 4) is 5.75 Å². The van der Waals surface area contributed by atoms with Gasteiger partial charge in [-0.05, 0) is 48.9 Å². The number of rotatable bonds is 4. The van der Waals surface area contributed by atoms with E-state index in [9.17, 15) is 9.59 Å². The third kappa shape index (κ3) is 3.16. The smallest absolute Gasteiger partial charge is 0.266 e. The molecule has 0 aromatic heterocycles. The molecule has 2 aliphatic heterocycles. The number of para-hydroxylation sites is 1. The summed E-state index contributed by atoms with van der Waals surface area (Å²) in [6.45, 7) is 1.96. The summed E-state index contributed by atoms with van der Waals surface area (Å²) in [5, 5.41) is 1.69. The number of nitrogens with zero attached hydrogens (tertiary/aromatic N) is 2. The maximum absolute atomic E-state index is 13.5. The van der Waals surface area contributed by atoms with E-state index >= 15 is 0 Å². The lowest BCUT2D eigenvalue weighted by Gasteiger charge is -2.28. The van der Waals surface area contributed by atoms with E-state index in [0.717, 1.165) is 22.6 Å². The van der Waals surface area contributed by atoms with Gasteiger partial charge < -0.3 is 4.74 Å². The Morgan fingerprint density at radius 2 is 1.48 bits per heavy atom. The number of fused-ring (bicyclic) bond motifs is 1. The molecule has 2 heterocycles. The Labute approximate surface area is 180 Å². The van der Waals surface area contributed by atoms with Gasteiger partial charge in [0.2, 0.25) is 5.91 Å². The van der Waals surface area contributed by atoms with Crippen molar-refractivity contribution < 1.29 is 19.2 Å². The van der Waals surface area contributed by atoms with Crippen LogP contribution in [-0.4, -0.2) is 25.0 Å². The Bertz CT molecular complexity index is 1110. The summed E-state index contributed by atoms with van der Waals surface area (Å²) < 4.78 is 5.28. The first-order valence-electron chi connectivity index (χ1n) is 10.2. The minimum Gasteiger partial charge on any atom is -0.497 e. The van der Waals surface area contributed by atoms with Crippen molar-refractivity contribution in [2.45, 2.75) is 19.1 Å². The number of aryl methyl sites for hydroxylation is 1. The van der Waals surface area contributed by atoms with Crippen molar-refractivity contribution in [3.05, 3.63) is 90.0 Å². The molecule has 2 amide bonds. The van der Waals surface area contributed by atoms with E-state index in [1.807, 2.05) is 73.7 Å². The Hall–Kier alpha value is -3.64. The number of anilines is 2. The van der Waals surface area contributed by atoms with Crippen LogP contribution in [0, 0.1) is 12.8 Å². The van der Waals surface area contributed by atoms with E-state index < -0.39 is 18.1 Å². The highest BCUT2D eigenvalue weighted by molar-refractivity contribution is 6.23. The van der Waals surface area contributed by atoms with Gasteiger partial charge in [-0.25, -0.2) is 9.96 Å². The summed E-state index contributed by atoms with van der Waals surface area (Å²) >= 11 is 0. The lowest BCUT2D eigenvalue weighted by molar-refractivity contribution is -0.126. The third-order valence-electron chi connectivity index (χ3n) is 5.88.